The quantitative estimate of drug-likeness (QED) is 0.0213. The van der Waals surface area contributed by atoms with Crippen molar-refractivity contribution in [3.63, 3.8) is 0 Å². The Bertz CT molecular complexity index is 1340. The minimum absolute atomic E-state index is 0.0815. The van der Waals surface area contributed by atoms with Gasteiger partial charge in [0.05, 0.1) is 34.4 Å². The maximum Gasteiger partial charge on any atom is 0.472 e. The van der Waals surface area contributed by atoms with E-state index in [1.807, 2.05) is 21.1 Å². The molecule has 0 bridgehead atoms. The minimum atomic E-state index is -4.29. The number of esters is 1. The summed E-state index contributed by atoms with van der Waals surface area (Å²) >= 11 is 0. The number of carbonyl (C=O) groups is 1. The Hall–Kier alpha value is -2.32. The predicted octanol–water partition coefficient (Wildman–Crippen LogP) is 17.2. The van der Waals surface area contributed by atoms with Gasteiger partial charge >= 0.3 is 13.8 Å². The van der Waals surface area contributed by atoms with Crippen molar-refractivity contribution in [1.29, 1.82) is 0 Å². The first-order valence-electron chi connectivity index (χ1n) is 27.3. The molecule has 2 unspecified atom stereocenters. The van der Waals surface area contributed by atoms with Gasteiger partial charge in [-0.15, -0.1) is 0 Å². The zero-order valence-corrected chi connectivity index (χ0v) is 45.0. The Morgan fingerprint density at radius 3 is 1.30 bits per heavy atom. The fraction of sp³-hybridized carbons (Fsp3) is 0.741. The van der Waals surface area contributed by atoms with E-state index >= 15 is 0 Å². The smallest absolute Gasteiger partial charge is 0.457 e. The fourth-order valence-electron chi connectivity index (χ4n) is 7.26. The van der Waals surface area contributed by atoms with Crippen LogP contribution in [0.15, 0.2) is 85.1 Å². The van der Waals surface area contributed by atoms with Crippen molar-refractivity contribution in [3.8, 4) is 0 Å². The zero-order chi connectivity index (χ0) is 49.0. The molecule has 0 radical (unpaired) electrons. The first-order chi connectivity index (χ1) is 32.6. The number of quaternary nitrogens is 1. The Balaban J connectivity index is 4.16. The van der Waals surface area contributed by atoms with Gasteiger partial charge in [-0.2, -0.15) is 0 Å². The lowest BCUT2D eigenvalue weighted by molar-refractivity contribution is -0.870. The summed E-state index contributed by atoms with van der Waals surface area (Å²) in [6.45, 7) is 5.48. The van der Waals surface area contributed by atoms with Gasteiger partial charge in [-0.05, 0) is 89.9 Å². The van der Waals surface area contributed by atoms with Gasteiger partial charge in [0.1, 0.15) is 19.3 Å². The number of carbonyl (C=O) groups excluding carboxylic acids is 1. The van der Waals surface area contributed by atoms with E-state index in [-0.39, 0.29) is 25.8 Å². The van der Waals surface area contributed by atoms with Crippen molar-refractivity contribution in [3.05, 3.63) is 85.1 Å². The second kappa shape index (κ2) is 50.1. The van der Waals surface area contributed by atoms with Crippen molar-refractivity contribution in [2.45, 2.75) is 225 Å². The zero-order valence-electron chi connectivity index (χ0n) is 44.1. The molecule has 0 aromatic rings. The molecule has 0 aliphatic carbocycles. The molecule has 0 amide bonds. The molecule has 0 fully saturated rings. The molecule has 2 atom stereocenters. The van der Waals surface area contributed by atoms with Crippen LogP contribution in [0.2, 0.25) is 0 Å². The summed E-state index contributed by atoms with van der Waals surface area (Å²) in [5.74, 6) is -0.327. The molecule has 0 heterocycles. The van der Waals surface area contributed by atoms with Crippen LogP contribution in [0, 0.1) is 0 Å². The van der Waals surface area contributed by atoms with Crippen molar-refractivity contribution in [2.24, 2.45) is 0 Å². The highest BCUT2D eigenvalue weighted by Gasteiger charge is 2.26. The van der Waals surface area contributed by atoms with Gasteiger partial charge in [0.15, 0.2) is 0 Å². The number of nitrogens with zero attached hydrogens (tertiary/aromatic N) is 1. The topological polar surface area (TPSA) is 91.3 Å². The van der Waals surface area contributed by atoms with Gasteiger partial charge in [0.25, 0.3) is 0 Å². The third kappa shape index (κ3) is 54.5. The van der Waals surface area contributed by atoms with E-state index in [0.717, 1.165) is 77.0 Å². The van der Waals surface area contributed by atoms with Crippen molar-refractivity contribution >= 4 is 13.8 Å². The van der Waals surface area contributed by atoms with Crippen molar-refractivity contribution in [2.75, 3.05) is 54.1 Å². The third-order valence-corrected chi connectivity index (χ3v) is 12.4. The van der Waals surface area contributed by atoms with E-state index in [1.54, 1.807) is 0 Å². The first kappa shape index (κ1) is 64.7. The van der Waals surface area contributed by atoms with E-state index in [0.29, 0.717) is 24.1 Å². The molecule has 0 spiro atoms. The molecule has 0 aliphatic heterocycles. The molecule has 9 heteroatoms. The maximum atomic E-state index is 12.8. The largest absolute Gasteiger partial charge is 0.472 e. The van der Waals surface area contributed by atoms with Crippen LogP contribution >= 0.6 is 7.82 Å². The van der Waals surface area contributed by atoms with E-state index < -0.39 is 13.9 Å². The number of phosphoric acid groups is 1. The summed E-state index contributed by atoms with van der Waals surface area (Å²) in [5.41, 5.74) is 0. The summed E-state index contributed by atoms with van der Waals surface area (Å²) in [6, 6.07) is 0. The molecular formula is C58H105NO7P+. The average molecular weight is 959 g/mol. The molecule has 67 heavy (non-hydrogen) atoms. The molecule has 0 saturated carbocycles. The number of hydrogen-bond acceptors (Lipinski definition) is 6. The van der Waals surface area contributed by atoms with Gasteiger partial charge in [0, 0.05) is 13.0 Å². The SMILES string of the molecule is CC/C=C\C/C=C\C/C=C\C/C=C\C/C=C\CCCCCCCCCC(=O)OC(COCCCCCCCCCCCC/C=C\C/C=C\CCCCCCC)COP(=O)(O)OCC[N+](C)(C)C. The van der Waals surface area contributed by atoms with Crippen LogP contribution in [0.5, 0.6) is 0 Å². The van der Waals surface area contributed by atoms with E-state index in [4.69, 9.17) is 18.5 Å². The van der Waals surface area contributed by atoms with Crippen LogP contribution in [0.25, 0.3) is 0 Å². The van der Waals surface area contributed by atoms with Gasteiger partial charge < -0.3 is 18.9 Å². The van der Waals surface area contributed by atoms with E-state index in [9.17, 15) is 14.3 Å². The van der Waals surface area contributed by atoms with Crippen LogP contribution in [0.3, 0.4) is 0 Å². The monoisotopic (exact) mass is 959 g/mol. The summed E-state index contributed by atoms with van der Waals surface area (Å²) in [7, 11) is 1.65. The Labute approximate surface area is 414 Å². The second-order valence-corrected chi connectivity index (χ2v) is 20.7. The normalized spacial score (nSPS) is 14.2. The van der Waals surface area contributed by atoms with Crippen LogP contribution in [0.1, 0.15) is 219 Å². The lowest BCUT2D eigenvalue weighted by Crippen LogP contribution is -2.37. The summed E-state index contributed by atoms with van der Waals surface area (Å²) in [6.07, 6.45) is 67.7. The van der Waals surface area contributed by atoms with Crippen LogP contribution in [-0.4, -0.2) is 75.6 Å². The molecule has 388 valence electrons. The Kier molecular flexibility index (Phi) is 48.3. The molecule has 0 aromatic heterocycles. The average Bonchev–Trinajstić information content (AvgIpc) is 3.29. The minimum Gasteiger partial charge on any atom is -0.457 e. The summed E-state index contributed by atoms with van der Waals surface area (Å²) in [5, 5.41) is 0. The highest BCUT2D eigenvalue weighted by molar-refractivity contribution is 7.47. The fourth-order valence-corrected chi connectivity index (χ4v) is 8.00. The lowest BCUT2D eigenvalue weighted by atomic mass is 10.1. The van der Waals surface area contributed by atoms with Crippen LogP contribution in [0.4, 0.5) is 0 Å². The molecule has 8 nitrogen and oxygen atoms in total. The highest BCUT2D eigenvalue weighted by Crippen LogP contribution is 2.43. The third-order valence-electron chi connectivity index (χ3n) is 11.4. The van der Waals surface area contributed by atoms with Crippen LogP contribution < -0.4 is 0 Å². The maximum absolute atomic E-state index is 12.8. The number of allylic oxidation sites excluding steroid dienone is 14. The molecule has 1 N–H and O–H groups in total. The Morgan fingerprint density at radius 1 is 0.478 bits per heavy atom. The number of rotatable bonds is 50. The molecule has 0 saturated heterocycles. The predicted molar refractivity (Wildman–Crippen MR) is 288 cm³/mol. The number of likely N-dealkylation sites (N-methyl/N-ethyl adjacent to an activating group) is 1. The molecule has 0 aromatic carbocycles. The van der Waals surface area contributed by atoms with Gasteiger partial charge in [-0.1, -0.05) is 208 Å². The Morgan fingerprint density at radius 2 is 0.866 bits per heavy atom. The second-order valence-electron chi connectivity index (χ2n) is 19.2. The summed E-state index contributed by atoms with van der Waals surface area (Å²) < 4.78 is 35.2. The first-order valence-corrected chi connectivity index (χ1v) is 28.8. The molecule has 0 rings (SSSR count). The van der Waals surface area contributed by atoms with Crippen LogP contribution in [-0.2, 0) is 27.9 Å². The van der Waals surface area contributed by atoms with E-state index in [1.165, 1.54) is 122 Å². The van der Waals surface area contributed by atoms with Crippen molar-refractivity contribution in [1.82, 2.24) is 0 Å². The number of phosphoric ester groups is 1. The highest BCUT2D eigenvalue weighted by atomic mass is 31.2. The number of hydrogen-bond donors (Lipinski definition) is 1. The van der Waals surface area contributed by atoms with Gasteiger partial charge in [-0.3, -0.25) is 13.8 Å². The molecular weight excluding hydrogens is 854 g/mol. The summed E-state index contributed by atoms with van der Waals surface area (Å²) in [4.78, 5) is 23.1. The molecule has 0 aliphatic rings. The van der Waals surface area contributed by atoms with Gasteiger partial charge in [-0.25, -0.2) is 4.57 Å². The number of ether oxygens (including phenoxy) is 2. The number of unbranched alkanes of at least 4 members (excludes halogenated alkanes) is 22. The van der Waals surface area contributed by atoms with E-state index in [2.05, 4.69) is 98.9 Å². The van der Waals surface area contributed by atoms with Gasteiger partial charge in [0.2, 0.25) is 0 Å². The lowest BCUT2D eigenvalue weighted by Gasteiger charge is -2.24. The van der Waals surface area contributed by atoms with Crippen molar-refractivity contribution < 1.29 is 37.3 Å². The standard InChI is InChI=1S/C58H104NO7P/c1-6-8-10-12-14-16-18-20-22-24-26-28-30-31-33-35-37-39-41-43-45-47-49-51-58(60)66-57(56-65-67(61,62)64-54-52-59(3,4)5)55-63-53-50-48-46-44-42-40-38-36-34-32-29-27-25-23-21-19-17-15-13-11-9-7-2/h8,10,14,16,19-22,25-28,31,33,57H,6-7,9,11-13,15,17-18,23-24,29-30,32,34-56H2,1-5H3/p+1/b10-8-,16-14-,21-19-,22-20-,27-25-,28-26-,33-31-.